The second-order valence-electron chi connectivity index (χ2n) is 12.9. The predicted molar refractivity (Wildman–Crippen MR) is 155 cm³/mol. The molecule has 2 amide bonds. The van der Waals surface area contributed by atoms with Crippen molar-refractivity contribution in [3.63, 3.8) is 0 Å². The summed E-state index contributed by atoms with van der Waals surface area (Å²) in [4.78, 5) is 44.7. The number of nitrogens with zero attached hydrogens (tertiary/aromatic N) is 2. The van der Waals surface area contributed by atoms with Gasteiger partial charge in [-0.1, -0.05) is 51.1 Å². The van der Waals surface area contributed by atoms with Gasteiger partial charge in [0, 0.05) is 17.7 Å². The Morgan fingerprint density at radius 2 is 1.75 bits per heavy atom. The highest BCUT2D eigenvalue weighted by atomic mass is 16.4. The van der Waals surface area contributed by atoms with E-state index in [0.29, 0.717) is 23.1 Å². The van der Waals surface area contributed by atoms with Gasteiger partial charge in [0.25, 0.3) is 11.8 Å². The van der Waals surface area contributed by atoms with Crippen LogP contribution in [0.2, 0.25) is 0 Å². The molecule has 1 spiro atoms. The number of aliphatic carboxylic acids is 1. The van der Waals surface area contributed by atoms with Crippen LogP contribution in [-0.4, -0.2) is 45.7 Å². The van der Waals surface area contributed by atoms with Crippen LogP contribution in [0.25, 0.3) is 0 Å². The molecule has 1 heterocycles. The summed E-state index contributed by atoms with van der Waals surface area (Å²) in [5.74, 6) is -0.100. The highest BCUT2D eigenvalue weighted by Gasteiger charge is 2.52. The first-order valence-corrected chi connectivity index (χ1v) is 14.6. The topological polar surface area (TPSA) is 99.1 Å². The average molecular weight is 544 g/mol. The number of carbonyl (C=O) groups excluding carboxylic acids is 2. The Kier molecular flexibility index (Phi) is 7.60. The Balaban J connectivity index is 1.41. The molecule has 2 aromatic rings. The van der Waals surface area contributed by atoms with Gasteiger partial charge >= 0.3 is 5.97 Å². The van der Waals surface area contributed by atoms with Crippen LogP contribution in [0.3, 0.4) is 0 Å². The zero-order chi connectivity index (χ0) is 28.7. The number of amides is 2. The van der Waals surface area contributed by atoms with Crippen molar-refractivity contribution in [2.45, 2.75) is 90.3 Å². The van der Waals surface area contributed by atoms with Crippen molar-refractivity contribution in [3.8, 4) is 0 Å². The highest BCUT2D eigenvalue weighted by Crippen LogP contribution is 2.49. The van der Waals surface area contributed by atoms with Crippen molar-refractivity contribution >= 4 is 23.5 Å². The maximum Gasteiger partial charge on any atom is 0.305 e. The lowest BCUT2D eigenvalue weighted by Crippen LogP contribution is -2.50. The van der Waals surface area contributed by atoms with Crippen LogP contribution in [0.4, 0.5) is 0 Å². The molecule has 0 aromatic heterocycles. The third kappa shape index (κ3) is 5.70. The SMILES string of the molecule is CC(c1ccc(C(=O)NCCC(=O)O)cc1)N1C(=O)C(c2cccc(C3CC3)c2)=NC12CCC(C(C)(C)C)CC2. The van der Waals surface area contributed by atoms with E-state index >= 15 is 0 Å². The van der Waals surface area contributed by atoms with Gasteiger partial charge < -0.3 is 15.3 Å². The van der Waals surface area contributed by atoms with Crippen molar-refractivity contribution in [2.24, 2.45) is 16.3 Å². The molecular weight excluding hydrogens is 502 g/mol. The Morgan fingerprint density at radius 3 is 2.35 bits per heavy atom. The van der Waals surface area contributed by atoms with E-state index in [4.69, 9.17) is 10.1 Å². The van der Waals surface area contributed by atoms with E-state index in [1.165, 1.54) is 18.4 Å². The van der Waals surface area contributed by atoms with E-state index in [1.54, 1.807) is 12.1 Å². The number of carbonyl (C=O) groups is 3. The summed E-state index contributed by atoms with van der Waals surface area (Å²) in [5, 5.41) is 11.5. The van der Waals surface area contributed by atoms with Gasteiger partial charge in [-0.15, -0.1) is 0 Å². The third-order valence-corrected chi connectivity index (χ3v) is 9.08. The molecule has 0 bridgehead atoms. The maximum atomic E-state index is 14.2. The van der Waals surface area contributed by atoms with Gasteiger partial charge in [0.2, 0.25) is 0 Å². The number of benzene rings is 2. The fraction of sp³-hybridized carbons (Fsp3) is 0.515. The van der Waals surface area contributed by atoms with E-state index < -0.39 is 11.6 Å². The van der Waals surface area contributed by atoms with Gasteiger partial charge in [0.15, 0.2) is 0 Å². The quantitative estimate of drug-likeness (QED) is 0.421. The summed E-state index contributed by atoms with van der Waals surface area (Å²) in [7, 11) is 0. The largest absolute Gasteiger partial charge is 0.481 e. The fourth-order valence-corrected chi connectivity index (χ4v) is 6.44. The molecule has 1 atom stereocenters. The van der Waals surface area contributed by atoms with E-state index in [-0.39, 0.29) is 36.2 Å². The fourth-order valence-electron chi connectivity index (χ4n) is 6.44. The van der Waals surface area contributed by atoms with Gasteiger partial charge in [0.05, 0.1) is 12.5 Å². The second kappa shape index (κ2) is 10.8. The summed E-state index contributed by atoms with van der Waals surface area (Å²) in [6, 6.07) is 15.4. The molecule has 212 valence electrons. The number of aliphatic imine (C=N–C) groups is 1. The molecule has 2 N–H and O–H groups in total. The summed E-state index contributed by atoms with van der Waals surface area (Å²) < 4.78 is 0. The lowest BCUT2D eigenvalue weighted by Gasteiger charge is -2.46. The van der Waals surface area contributed by atoms with Gasteiger partial charge in [-0.05, 0) is 92.0 Å². The van der Waals surface area contributed by atoms with Crippen molar-refractivity contribution in [1.29, 1.82) is 0 Å². The number of hydrogen-bond donors (Lipinski definition) is 2. The molecule has 0 saturated heterocycles. The van der Waals surface area contributed by atoms with Gasteiger partial charge in [-0.25, -0.2) is 0 Å². The Hall–Kier alpha value is -3.48. The van der Waals surface area contributed by atoms with Crippen LogP contribution >= 0.6 is 0 Å². The van der Waals surface area contributed by atoms with E-state index in [0.717, 1.165) is 36.8 Å². The highest BCUT2D eigenvalue weighted by molar-refractivity contribution is 6.46. The third-order valence-electron chi connectivity index (χ3n) is 9.08. The molecule has 2 saturated carbocycles. The minimum absolute atomic E-state index is 0.0230. The van der Waals surface area contributed by atoms with Crippen LogP contribution in [0, 0.1) is 11.3 Å². The van der Waals surface area contributed by atoms with Gasteiger partial charge in [0.1, 0.15) is 11.4 Å². The number of rotatable bonds is 8. The van der Waals surface area contributed by atoms with E-state index in [2.05, 4.69) is 45.1 Å². The number of carboxylic acid groups (broad SMARTS) is 1. The summed E-state index contributed by atoms with van der Waals surface area (Å²) in [5.41, 5.74) is 3.82. The zero-order valence-corrected chi connectivity index (χ0v) is 24.1. The van der Waals surface area contributed by atoms with Crippen molar-refractivity contribution in [3.05, 3.63) is 70.8 Å². The Labute approximate surface area is 237 Å². The number of carboxylic acids is 1. The molecule has 2 aromatic carbocycles. The first-order chi connectivity index (χ1) is 19.0. The first kappa shape index (κ1) is 28.1. The molecule has 5 rings (SSSR count). The molecule has 2 aliphatic carbocycles. The normalized spacial score (nSPS) is 23.7. The number of hydrogen-bond acceptors (Lipinski definition) is 4. The second-order valence-corrected chi connectivity index (χ2v) is 12.9. The van der Waals surface area contributed by atoms with Crippen LogP contribution < -0.4 is 5.32 Å². The Morgan fingerprint density at radius 1 is 1.07 bits per heavy atom. The monoisotopic (exact) mass is 543 g/mol. The molecule has 7 nitrogen and oxygen atoms in total. The lowest BCUT2D eigenvalue weighted by molar-refractivity contribution is -0.137. The van der Waals surface area contributed by atoms with Crippen LogP contribution in [0.1, 0.15) is 112 Å². The minimum Gasteiger partial charge on any atom is -0.481 e. The first-order valence-electron chi connectivity index (χ1n) is 14.6. The average Bonchev–Trinajstić information content (AvgIpc) is 3.73. The van der Waals surface area contributed by atoms with Crippen molar-refractivity contribution in [1.82, 2.24) is 10.2 Å². The Bertz CT molecular complexity index is 1310. The molecule has 7 heteroatoms. The van der Waals surface area contributed by atoms with Crippen LogP contribution in [0.5, 0.6) is 0 Å². The lowest BCUT2D eigenvalue weighted by atomic mass is 9.69. The van der Waals surface area contributed by atoms with Crippen molar-refractivity contribution in [2.75, 3.05) is 6.54 Å². The summed E-state index contributed by atoms with van der Waals surface area (Å²) in [6.07, 6.45) is 6.00. The van der Waals surface area contributed by atoms with Crippen LogP contribution in [-0.2, 0) is 9.59 Å². The van der Waals surface area contributed by atoms with Gasteiger partial charge in [-0.2, -0.15) is 0 Å². The minimum atomic E-state index is -0.953. The smallest absolute Gasteiger partial charge is 0.305 e. The van der Waals surface area contributed by atoms with Crippen molar-refractivity contribution < 1.29 is 19.5 Å². The molecule has 1 unspecified atom stereocenters. The maximum absolute atomic E-state index is 14.2. The van der Waals surface area contributed by atoms with E-state index in [1.807, 2.05) is 29.2 Å². The summed E-state index contributed by atoms with van der Waals surface area (Å²) in [6.45, 7) is 9.03. The molecule has 2 fully saturated rings. The van der Waals surface area contributed by atoms with Gasteiger partial charge in [-0.3, -0.25) is 19.4 Å². The van der Waals surface area contributed by atoms with Crippen LogP contribution in [0.15, 0.2) is 53.5 Å². The standard InChI is InChI=1S/C33H41N3O4/c1-21(22-8-12-24(13-9-22)30(39)34-19-16-28(37)38)36-31(40)29(26-7-5-6-25(20-26)23-10-11-23)35-33(36)17-14-27(15-18-33)32(2,3)4/h5-9,12-13,20-21,23,27H,10-11,14-19H2,1-4H3,(H,34,39)(H,37,38). The van der Waals surface area contributed by atoms with E-state index in [9.17, 15) is 14.4 Å². The molecular formula is C33H41N3O4. The zero-order valence-electron chi connectivity index (χ0n) is 24.1. The predicted octanol–water partition coefficient (Wildman–Crippen LogP) is 6.09. The molecule has 3 aliphatic rings. The number of nitrogens with one attached hydrogen (secondary N) is 1. The molecule has 1 aliphatic heterocycles. The summed E-state index contributed by atoms with van der Waals surface area (Å²) >= 11 is 0. The molecule has 0 radical (unpaired) electrons. The molecule has 40 heavy (non-hydrogen) atoms.